The van der Waals surface area contributed by atoms with E-state index < -0.39 is 0 Å². The molecule has 1 aliphatic rings. The second-order valence-corrected chi connectivity index (χ2v) is 7.42. The Morgan fingerprint density at radius 1 is 1.10 bits per heavy atom. The first kappa shape index (κ1) is 19.8. The second-order valence-electron chi connectivity index (χ2n) is 6.98. The molecule has 0 radical (unpaired) electrons. The first-order valence-electron chi connectivity index (χ1n) is 9.55. The van der Waals surface area contributed by atoms with E-state index >= 15 is 0 Å². The van der Waals surface area contributed by atoms with Crippen molar-refractivity contribution < 1.29 is 9.59 Å². The van der Waals surface area contributed by atoms with E-state index in [1.165, 1.54) is 6.20 Å². The summed E-state index contributed by atoms with van der Waals surface area (Å²) in [7, 11) is 0. The molecule has 3 heterocycles. The molecular formula is C22H20ClN5O2. The van der Waals surface area contributed by atoms with E-state index in [2.05, 4.69) is 20.6 Å². The predicted molar refractivity (Wildman–Crippen MR) is 115 cm³/mol. The molecule has 152 valence electrons. The zero-order valence-corrected chi connectivity index (χ0v) is 16.9. The Morgan fingerprint density at radius 3 is 2.63 bits per heavy atom. The summed E-state index contributed by atoms with van der Waals surface area (Å²) in [5.74, 6) is 0.245. The van der Waals surface area contributed by atoms with Crippen LogP contribution in [0, 0.1) is 0 Å². The van der Waals surface area contributed by atoms with Gasteiger partial charge in [-0.3, -0.25) is 14.6 Å². The van der Waals surface area contributed by atoms with Gasteiger partial charge in [-0.05, 0) is 47.9 Å². The van der Waals surface area contributed by atoms with Gasteiger partial charge in [-0.25, -0.2) is 4.98 Å². The maximum absolute atomic E-state index is 13.3. The van der Waals surface area contributed by atoms with Crippen molar-refractivity contribution in [1.82, 2.24) is 14.9 Å². The van der Waals surface area contributed by atoms with Crippen molar-refractivity contribution in [1.29, 1.82) is 0 Å². The average Bonchev–Trinajstić information content (AvgIpc) is 2.77. The highest BCUT2D eigenvalue weighted by molar-refractivity contribution is 6.30. The fraction of sp³-hybridized carbons (Fsp3) is 0.182. The summed E-state index contributed by atoms with van der Waals surface area (Å²) in [6.07, 6.45) is 5.63. The van der Waals surface area contributed by atoms with Crippen molar-refractivity contribution in [3.63, 3.8) is 0 Å². The third-order valence-electron chi connectivity index (χ3n) is 4.82. The van der Waals surface area contributed by atoms with Gasteiger partial charge in [0.15, 0.2) is 0 Å². The van der Waals surface area contributed by atoms with Crippen LogP contribution in [0.2, 0.25) is 5.02 Å². The second kappa shape index (κ2) is 8.92. The number of carbonyl (C=O) groups is 2. The topological polar surface area (TPSA) is 87.2 Å². The van der Waals surface area contributed by atoms with Gasteiger partial charge in [0.1, 0.15) is 5.82 Å². The molecule has 3 aromatic rings. The van der Waals surface area contributed by atoms with Gasteiger partial charge in [0.05, 0.1) is 17.8 Å². The van der Waals surface area contributed by atoms with E-state index in [1.54, 1.807) is 23.4 Å². The normalized spacial score (nSPS) is 12.5. The summed E-state index contributed by atoms with van der Waals surface area (Å²) in [6.45, 7) is 1.13. The van der Waals surface area contributed by atoms with Gasteiger partial charge in [-0.15, -0.1) is 0 Å². The van der Waals surface area contributed by atoms with Crippen LogP contribution in [0.4, 0.5) is 11.5 Å². The van der Waals surface area contributed by atoms with Gasteiger partial charge in [-0.1, -0.05) is 23.7 Å². The van der Waals surface area contributed by atoms with E-state index in [1.807, 2.05) is 36.4 Å². The van der Waals surface area contributed by atoms with Crippen LogP contribution in [-0.4, -0.2) is 39.8 Å². The predicted octanol–water partition coefficient (Wildman–Crippen LogP) is 3.38. The number of amides is 2. The minimum atomic E-state index is -0.162. The number of rotatable bonds is 6. The molecule has 0 bridgehead atoms. The molecule has 0 saturated heterocycles. The quantitative estimate of drug-likeness (QED) is 0.637. The minimum Gasteiger partial charge on any atom is -0.359 e. The van der Waals surface area contributed by atoms with Crippen molar-refractivity contribution in [2.45, 2.75) is 13.0 Å². The van der Waals surface area contributed by atoms with E-state index in [4.69, 9.17) is 11.6 Å². The highest BCUT2D eigenvalue weighted by Crippen LogP contribution is 2.24. The van der Waals surface area contributed by atoms with Gasteiger partial charge < -0.3 is 15.5 Å². The van der Waals surface area contributed by atoms with Crippen molar-refractivity contribution >= 4 is 34.9 Å². The number of carbonyl (C=O) groups excluding carboxylic acids is 2. The lowest BCUT2D eigenvalue weighted by atomic mass is 10.1. The van der Waals surface area contributed by atoms with E-state index in [0.717, 1.165) is 11.1 Å². The Hall–Kier alpha value is -3.45. The van der Waals surface area contributed by atoms with Gasteiger partial charge >= 0.3 is 0 Å². The van der Waals surface area contributed by atoms with Crippen molar-refractivity contribution in [2.75, 3.05) is 23.7 Å². The van der Waals surface area contributed by atoms with Gasteiger partial charge in [0, 0.05) is 36.7 Å². The maximum atomic E-state index is 13.3. The highest BCUT2D eigenvalue weighted by atomic mass is 35.5. The Balaban J connectivity index is 1.56. The first-order chi connectivity index (χ1) is 14.6. The number of nitrogens with one attached hydrogen (secondary N) is 2. The Morgan fingerprint density at radius 2 is 1.87 bits per heavy atom. The Kier molecular flexibility index (Phi) is 5.90. The largest absolute Gasteiger partial charge is 0.359 e. The molecule has 30 heavy (non-hydrogen) atoms. The summed E-state index contributed by atoms with van der Waals surface area (Å²) in [5.41, 5.74) is 3.00. The number of pyridine rings is 2. The van der Waals surface area contributed by atoms with Crippen LogP contribution in [0.15, 0.2) is 61.1 Å². The Bertz CT molecular complexity index is 1060. The van der Waals surface area contributed by atoms with Crippen LogP contribution in [0.1, 0.15) is 21.5 Å². The SMILES string of the molecule is O=C1CNc2ncc(C(=O)N(CCc3ccc(Cl)cc3)Cc3ccncc3)cc2N1. The van der Waals surface area contributed by atoms with Crippen LogP contribution in [0.3, 0.4) is 0 Å². The standard InChI is InChI=1S/C22H20ClN5O2/c23-18-3-1-15(2-4-18)7-10-28(14-16-5-8-24-9-6-16)22(30)17-11-19-21(25-12-17)26-13-20(29)27-19/h1-6,8-9,11-12H,7,10,13-14H2,(H,25,26)(H,27,29). The molecule has 7 nitrogen and oxygen atoms in total. The van der Waals surface area contributed by atoms with Gasteiger partial charge in [-0.2, -0.15) is 0 Å². The fourth-order valence-corrected chi connectivity index (χ4v) is 3.36. The van der Waals surface area contributed by atoms with Crippen LogP contribution < -0.4 is 10.6 Å². The van der Waals surface area contributed by atoms with Crippen molar-refractivity contribution in [3.05, 3.63) is 82.8 Å². The van der Waals surface area contributed by atoms with Crippen molar-refractivity contribution in [3.8, 4) is 0 Å². The van der Waals surface area contributed by atoms with E-state index in [0.29, 0.717) is 41.6 Å². The van der Waals surface area contributed by atoms with Crippen LogP contribution in [0.25, 0.3) is 0 Å². The average molecular weight is 422 g/mol. The molecule has 1 aliphatic heterocycles. The third kappa shape index (κ3) is 4.75. The number of hydrogen-bond acceptors (Lipinski definition) is 5. The summed E-state index contributed by atoms with van der Waals surface area (Å²) in [5, 5.41) is 6.36. The first-order valence-corrected chi connectivity index (χ1v) is 9.93. The molecule has 4 rings (SSSR count). The third-order valence-corrected chi connectivity index (χ3v) is 5.07. The molecule has 2 aromatic heterocycles. The Labute approximate surface area is 179 Å². The molecule has 8 heteroatoms. The number of hydrogen-bond donors (Lipinski definition) is 2. The van der Waals surface area contributed by atoms with Gasteiger partial charge in [0.25, 0.3) is 5.91 Å². The number of anilines is 2. The van der Waals surface area contributed by atoms with Crippen LogP contribution >= 0.6 is 11.6 Å². The zero-order chi connectivity index (χ0) is 20.9. The summed E-state index contributed by atoms with van der Waals surface area (Å²) in [6, 6.07) is 13.0. The zero-order valence-electron chi connectivity index (χ0n) is 16.1. The molecule has 0 aliphatic carbocycles. The number of aromatic nitrogens is 2. The van der Waals surface area contributed by atoms with Crippen molar-refractivity contribution in [2.24, 2.45) is 0 Å². The summed E-state index contributed by atoms with van der Waals surface area (Å²) >= 11 is 5.97. The molecule has 2 N–H and O–H groups in total. The number of fused-ring (bicyclic) bond motifs is 1. The summed E-state index contributed by atoms with van der Waals surface area (Å²) < 4.78 is 0. The van der Waals surface area contributed by atoms with E-state index in [9.17, 15) is 9.59 Å². The maximum Gasteiger partial charge on any atom is 0.255 e. The molecule has 0 saturated carbocycles. The lowest BCUT2D eigenvalue weighted by Gasteiger charge is -2.24. The number of halogens is 1. The molecule has 1 aromatic carbocycles. The molecule has 0 atom stereocenters. The minimum absolute atomic E-state index is 0.157. The molecule has 0 unspecified atom stereocenters. The van der Waals surface area contributed by atoms with Crippen LogP contribution in [-0.2, 0) is 17.8 Å². The van der Waals surface area contributed by atoms with Gasteiger partial charge in [0.2, 0.25) is 5.91 Å². The molecular weight excluding hydrogens is 402 g/mol. The monoisotopic (exact) mass is 421 g/mol. The fourth-order valence-electron chi connectivity index (χ4n) is 3.23. The number of nitrogens with zero attached hydrogens (tertiary/aromatic N) is 3. The lowest BCUT2D eigenvalue weighted by molar-refractivity contribution is -0.114. The number of benzene rings is 1. The highest BCUT2D eigenvalue weighted by Gasteiger charge is 2.21. The van der Waals surface area contributed by atoms with E-state index in [-0.39, 0.29) is 18.4 Å². The summed E-state index contributed by atoms with van der Waals surface area (Å²) in [4.78, 5) is 35.1. The van der Waals surface area contributed by atoms with Crippen LogP contribution in [0.5, 0.6) is 0 Å². The molecule has 0 spiro atoms. The molecule has 2 amide bonds. The lowest BCUT2D eigenvalue weighted by Crippen LogP contribution is -2.33. The smallest absolute Gasteiger partial charge is 0.255 e. The molecule has 0 fully saturated rings.